The fraction of sp³-hybridized carbons (Fsp3) is 0.611. The van der Waals surface area contributed by atoms with E-state index in [9.17, 15) is 4.79 Å². The summed E-state index contributed by atoms with van der Waals surface area (Å²) in [6, 6.07) is 8.36. The first kappa shape index (κ1) is 33.2. The third kappa shape index (κ3) is 45.6. The molecular weight excluding hydrogens is 547 g/mol. The van der Waals surface area contributed by atoms with E-state index in [1.54, 1.807) is 0 Å². The monoisotopic (exact) mass is 589 g/mol. The molecule has 1 aromatic carbocycles. The van der Waals surface area contributed by atoms with E-state index < -0.39 is 12.0 Å². The molecule has 0 aromatic heterocycles. The normalized spacial score (nSPS) is 10.3. The minimum atomic E-state index is -0.938. The van der Waals surface area contributed by atoms with E-state index in [-0.39, 0.29) is 43.9 Å². The van der Waals surface area contributed by atoms with Gasteiger partial charge < -0.3 is 10.8 Å². The second-order valence-electron chi connectivity index (χ2n) is 7.11. The third-order valence-electron chi connectivity index (χ3n) is 1.60. The average Bonchev–Trinajstić information content (AvgIpc) is 2.37. The first-order chi connectivity index (χ1) is 10.9. The van der Waals surface area contributed by atoms with E-state index in [0.29, 0.717) is 6.42 Å². The molecule has 0 aliphatic heterocycles. The number of rotatable bonds is 3. The quantitative estimate of drug-likeness (QED) is 0.386. The van der Waals surface area contributed by atoms with Crippen molar-refractivity contribution in [2.45, 2.75) is 12.5 Å². The van der Waals surface area contributed by atoms with Gasteiger partial charge in [0.15, 0.2) is 0 Å². The van der Waals surface area contributed by atoms with Gasteiger partial charge in [0.05, 0.1) is 0 Å². The summed E-state index contributed by atoms with van der Waals surface area (Å²) in [6.45, 7) is 20.4. The van der Waals surface area contributed by atoms with Crippen LogP contribution in [0.4, 0.5) is 0 Å². The van der Waals surface area contributed by atoms with Crippen LogP contribution in [0.15, 0.2) is 30.3 Å². The van der Waals surface area contributed by atoms with Crippen molar-refractivity contribution in [3.8, 4) is 0 Å². The molecule has 7 heteroatoms. The Morgan fingerprint density at radius 3 is 1.40 bits per heavy atom. The summed E-state index contributed by atoms with van der Waals surface area (Å²) in [7, 11) is 0.361. The summed E-state index contributed by atoms with van der Waals surface area (Å²) >= 11 is 0. The van der Waals surface area contributed by atoms with Crippen LogP contribution >= 0.6 is 23.8 Å². The van der Waals surface area contributed by atoms with Crippen LogP contribution in [0.3, 0.4) is 0 Å². The van der Waals surface area contributed by atoms with Crippen LogP contribution < -0.4 is 0 Å². The Morgan fingerprint density at radius 2 is 1.16 bits per heavy atom. The van der Waals surface area contributed by atoms with Crippen LogP contribution in [0.1, 0.15) is 5.56 Å². The van der Waals surface area contributed by atoms with Crippen molar-refractivity contribution in [3.63, 3.8) is 0 Å². The molecule has 0 fully saturated rings. The Bertz CT molecular complexity index is 369. The topological polar surface area (TPSA) is 63.8 Å². The van der Waals surface area contributed by atoms with Gasteiger partial charge in [-0.15, -0.1) is 0 Å². The summed E-state index contributed by atoms with van der Waals surface area (Å²) < 4.78 is 0. The van der Waals surface area contributed by atoms with Crippen molar-refractivity contribution < 1.29 is 30.0 Å². The van der Waals surface area contributed by atoms with Gasteiger partial charge in [0.1, 0.15) is 0 Å². The van der Waals surface area contributed by atoms with E-state index >= 15 is 0 Å². The van der Waals surface area contributed by atoms with Gasteiger partial charge in [0.2, 0.25) is 0 Å². The van der Waals surface area contributed by atoms with Gasteiger partial charge >= 0.3 is 26.1 Å². The zero-order chi connectivity index (χ0) is 19.7. The van der Waals surface area contributed by atoms with Gasteiger partial charge in [-0.1, -0.05) is 30.3 Å². The van der Waals surface area contributed by atoms with Crippen LogP contribution in [-0.4, -0.2) is 77.1 Å². The van der Waals surface area contributed by atoms with Gasteiger partial charge in [0, 0.05) is 70.8 Å². The molecule has 1 unspecified atom stereocenters. The minimum Gasteiger partial charge on any atom is -0.660 e. The van der Waals surface area contributed by atoms with Crippen molar-refractivity contribution in [1.82, 2.24) is 0 Å². The van der Waals surface area contributed by atoms with Crippen LogP contribution in [0.2, 0.25) is 0 Å². The Kier molecular flexibility index (Phi) is 30.0. The summed E-state index contributed by atoms with van der Waals surface area (Å²) in [5, 5.41) is 6.71. The van der Waals surface area contributed by atoms with Crippen molar-refractivity contribution in [2.75, 3.05) is 60.0 Å². The standard InChI is InChI=1S/C9H10NO2.3C3H9P.Ir/c10-8(9(11)12)6-7-4-2-1-3-5-7;3*1-4(2)3;/h1-5,8,10H,6H2,(H,11,12);3*1-3H3;/q-1;;;;+3/p+4. The molecule has 25 heavy (non-hydrogen) atoms. The molecule has 0 spiro atoms. The van der Waals surface area contributed by atoms with E-state index in [2.05, 4.69) is 60.0 Å². The molecule has 3 nitrogen and oxygen atoms in total. The molecule has 0 heterocycles. The molecular formula is C18H41IrNO2P3+6. The zero-order valence-corrected chi connectivity index (χ0v) is 22.8. The average molecular weight is 589 g/mol. The van der Waals surface area contributed by atoms with Crippen molar-refractivity contribution in [3.05, 3.63) is 41.6 Å². The molecule has 0 saturated carbocycles. The maximum absolute atomic E-state index is 10.4. The fourth-order valence-electron chi connectivity index (χ4n) is 0.942. The predicted molar refractivity (Wildman–Crippen MR) is 125 cm³/mol. The molecule has 148 valence electrons. The third-order valence-corrected chi connectivity index (χ3v) is 1.60. The molecule has 3 N–H and O–H groups in total. The molecule has 0 radical (unpaired) electrons. The molecule has 0 aliphatic carbocycles. The summed E-state index contributed by atoms with van der Waals surface area (Å²) in [6.07, 6.45) is 0.336. The van der Waals surface area contributed by atoms with Crippen molar-refractivity contribution in [1.29, 1.82) is 0 Å². The predicted octanol–water partition coefficient (Wildman–Crippen LogP) is 4.17. The number of nitrogens with one attached hydrogen (secondary N) is 1. The number of hydrogen-bond donors (Lipinski definition) is 0. The van der Waals surface area contributed by atoms with Crippen LogP contribution in [-0.2, 0) is 31.3 Å². The minimum absolute atomic E-state index is 0. The molecule has 1 atom stereocenters. The summed E-state index contributed by atoms with van der Waals surface area (Å²) in [5.41, 5.74) is 8.16. The number of benzene rings is 1. The maximum Gasteiger partial charge on any atom is 3.00 e. The van der Waals surface area contributed by atoms with E-state index in [0.717, 1.165) is 5.56 Å². The Balaban J connectivity index is -0.000000142. The first-order valence-corrected chi connectivity index (χ1v) is 17.2. The number of hydrogen-bond acceptors (Lipinski definition) is 1. The zero-order valence-electron chi connectivity index (χ0n) is 17.4. The molecule has 1 aromatic rings. The SMILES string of the molecule is C[PH+](C)C.C[PH+](C)C.C[PH+](C)C.[Ir+3].[NH-]C(Cc1ccccc1)C(=O)[OH2+]. The molecule has 0 aliphatic rings. The molecule has 0 saturated heterocycles. The van der Waals surface area contributed by atoms with Gasteiger partial charge in [-0.05, 0) is 35.7 Å². The van der Waals surface area contributed by atoms with Crippen LogP contribution in [0.25, 0.3) is 5.73 Å². The largest absolute Gasteiger partial charge is 3.00 e. The van der Waals surface area contributed by atoms with Crippen molar-refractivity contribution in [2.24, 2.45) is 0 Å². The van der Waals surface area contributed by atoms with Gasteiger partial charge in [-0.25, -0.2) is 0 Å². The Labute approximate surface area is 173 Å². The van der Waals surface area contributed by atoms with E-state index in [4.69, 9.17) is 10.8 Å². The van der Waals surface area contributed by atoms with E-state index in [1.807, 2.05) is 30.3 Å². The second-order valence-corrected chi connectivity index (χ2v) is 16.1. The Morgan fingerprint density at radius 1 is 0.880 bits per heavy atom. The van der Waals surface area contributed by atoms with Crippen LogP contribution in [0, 0.1) is 0 Å². The molecule has 1 rings (SSSR count). The Hall–Kier alpha value is 0.589. The second kappa shape index (κ2) is 22.6. The fourth-order valence-corrected chi connectivity index (χ4v) is 0.942. The van der Waals surface area contributed by atoms with Crippen LogP contribution in [0.5, 0.6) is 0 Å². The number of carbonyl (C=O) groups excluding carboxylic acids is 1. The number of carbonyl (C=O) groups is 1. The van der Waals surface area contributed by atoms with E-state index in [1.165, 1.54) is 0 Å². The maximum atomic E-state index is 10.4. The first-order valence-electron chi connectivity index (χ1n) is 8.20. The summed E-state index contributed by atoms with van der Waals surface area (Å²) in [5.74, 6) is -0.821. The summed E-state index contributed by atoms with van der Waals surface area (Å²) in [4.78, 5) is 10.4. The smallest absolute Gasteiger partial charge is 0.660 e. The van der Waals surface area contributed by atoms with Gasteiger partial charge in [-0.3, -0.25) is 0 Å². The molecule has 0 bridgehead atoms. The molecule has 0 amide bonds. The van der Waals surface area contributed by atoms with Gasteiger partial charge in [-0.2, -0.15) is 0 Å². The van der Waals surface area contributed by atoms with Gasteiger partial charge in [0.25, 0.3) is 0 Å². The van der Waals surface area contributed by atoms with Crippen molar-refractivity contribution >= 4 is 29.7 Å².